The number of rotatable bonds is 4. The van der Waals surface area contributed by atoms with Crippen molar-refractivity contribution in [1.82, 2.24) is 0 Å². The number of hydrogen-bond donors (Lipinski definition) is 1. The Labute approximate surface area is 143 Å². The van der Waals surface area contributed by atoms with Crippen LogP contribution in [0.4, 0.5) is 0 Å². The van der Waals surface area contributed by atoms with Crippen molar-refractivity contribution in [2.24, 2.45) is 35.3 Å². The highest BCUT2D eigenvalue weighted by Gasteiger charge is 2.29. The lowest BCUT2D eigenvalue weighted by Gasteiger charge is -2.36. The van der Waals surface area contributed by atoms with E-state index in [9.17, 15) is 0 Å². The van der Waals surface area contributed by atoms with E-state index < -0.39 is 0 Å². The lowest BCUT2D eigenvalue weighted by molar-refractivity contribution is 0.172. The molecular weight excluding hydrogens is 278 g/mol. The van der Waals surface area contributed by atoms with Crippen LogP contribution in [0.1, 0.15) is 77.0 Å². The first-order chi connectivity index (χ1) is 11.2. The van der Waals surface area contributed by atoms with E-state index in [1.165, 1.54) is 77.0 Å². The van der Waals surface area contributed by atoms with Crippen LogP contribution >= 0.6 is 0 Å². The van der Waals surface area contributed by atoms with Gasteiger partial charge in [-0.25, -0.2) is 0 Å². The summed E-state index contributed by atoms with van der Waals surface area (Å²) >= 11 is 0. The Morgan fingerprint density at radius 3 is 1.43 bits per heavy atom. The van der Waals surface area contributed by atoms with Crippen molar-refractivity contribution in [2.45, 2.75) is 83.1 Å². The maximum absolute atomic E-state index is 6.06. The fraction of sp³-hybridized carbons (Fsp3) is 0.818. The summed E-state index contributed by atoms with van der Waals surface area (Å²) < 4.78 is 0. The molecule has 0 amide bonds. The minimum atomic E-state index is 0.502. The van der Waals surface area contributed by atoms with Crippen molar-refractivity contribution < 1.29 is 0 Å². The van der Waals surface area contributed by atoms with Crippen LogP contribution in [0, 0.1) is 29.6 Å². The monoisotopic (exact) mass is 315 g/mol. The first-order valence-electron chi connectivity index (χ1n) is 10.3. The zero-order valence-electron chi connectivity index (χ0n) is 15.0. The molecule has 1 nitrogen and oxygen atoms in total. The fourth-order valence-electron chi connectivity index (χ4n) is 5.31. The third-order valence-corrected chi connectivity index (χ3v) is 7.10. The molecule has 3 aliphatic rings. The van der Waals surface area contributed by atoms with E-state index in [2.05, 4.69) is 24.8 Å². The molecule has 23 heavy (non-hydrogen) atoms. The molecule has 0 saturated heterocycles. The van der Waals surface area contributed by atoms with E-state index in [1.54, 1.807) is 0 Å². The average Bonchev–Trinajstić information content (AvgIpc) is 2.61. The second-order valence-corrected chi connectivity index (χ2v) is 8.65. The average molecular weight is 316 g/mol. The Bertz CT molecular complexity index is 375. The van der Waals surface area contributed by atoms with Gasteiger partial charge in [0.25, 0.3) is 0 Å². The van der Waals surface area contributed by atoms with Crippen LogP contribution < -0.4 is 5.73 Å². The van der Waals surface area contributed by atoms with Gasteiger partial charge in [0.2, 0.25) is 0 Å². The topological polar surface area (TPSA) is 26.0 Å². The first kappa shape index (κ1) is 17.3. The van der Waals surface area contributed by atoms with Crippen molar-refractivity contribution in [3.63, 3.8) is 0 Å². The van der Waals surface area contributed by atoms with Gasteiger partial charge >= 0.3 is 0 Å². The lowest BCUT2D eigenvalue weighted by Crippen LogP contribution is -2.31. The van der Waals surface area contributed by atoms with Crippen molar-refractivity contribution in [3.05, 3.63) is 24.8 Å². The van der Waals surface area contributed by atoms with E-state index in [4.69, 9.17) is 5.73 Å². The first-order valence-corrected chi connectivity index (χ1v) is 10.3. The summed E-state index contributed by atoms with van der Waals surface area (Å²) in [7, 11) is 0. The minimum Gasteiger partial charge on any atom is -0.328 e. The Balaban J connectivity index is 1.37. The third kappa shape index (κ3) is 4.95. The van der Waals surface area contributed by atoms with Gasteiger partial charge in [-0.2, -0.15) is 0 Å². The van der Waals surface area contributed by atoms with Gasteiger partial charge < -0.3 is 5.73 Å². The SMILES string of the molecule is C=CC1CCC(/C=C/C2CCC(C3CCC(N)CC3)CC2)CC1. The van der Waals surface area contributed by atoms with E-state index in [1.807, 2.05) is 0 Å². The zero-order chi connectivity index (χ0) is 16.1. The quantitative estimate of drug-likeness (QED) is 0.646. The fourth-order valence-corrected chi connectivity index (χ4v) is 5.31. The number of hydrogen-bond acceptors (Lipinski definition) is 1. The summed E-state index contributed by atoms with van der Waals surface area (Å²) in [6.07, 6.45) is 24.0. The van der Waals surface area contributed by atoms with Gasteiger partial charge in [-0.1, -0.05) is 18.2 Å². The highest BCUT2D eigenvalue weighted by atomic mass is 14.6. The van der Waals surface area contributed by atoms with Gasteiger partial charge in [0.15, 0.2) is 0 Å². The predicted octanol–water partition coefficient (Wildman–Crippen LogP) is 5.86. The predicted molar refractivity (Wildman–Crippen MR) is 100 cm³/mol. The highest BCUT2D eigenvalue weighted by Crippen LogP contribution is 2.40. The van der Waals surface area contributed by atoms with Gasteiger partial charge in [0.05, 0.1) is 0 Å². The molecule has 0 atom stereocenters. The molecule has 0 aromatic carbocycles. The number of allylic oxidation sites excluding steroid dienone is 3. The summed E-state index contributed by atoms with van der Waals surface area (Å²) in [5.41, 5.74) is 6.06. The van der Waals surface area contributed by atoms with E-state index in [-0.39, 0.29) is 0 Å². The molecule has 0 unspecified atom stereocenters. The normalized spacial score (nSPS) is 42.7. The van der Waals surface area contributed by atoms with Crippen LogP contribution in [-0.4, -0.2) is 6.04 Å². The molecule has 0 aromatic heterocycles. The van der Waals surface area contributed by atoms with Crippen molar-refractivity contribution in [3.8, 4) is 0 Å². The Morgan fingerprint density at radius 2 is 0.957 bits per heavy atom. The molecular formula is C22H37N. The second-order valence-electron chi connectivity index (χ2n) is 8.65. The summed E-state index contributed by atoms with van der Waals surface area (Å²) in [5, 5.41) is 0. The summed E-state index contributed by atoms with van der Waals surface area (Å²) in [5.74, 6) is 4.51. The van der Waals surface area contributed by atoms with E-state index in [0.29, 0.717) is 6.04 Å². The minimum absolute atomic E-state index is 0.502. The zero-order valence-corrected chi connectivity index (χ0v) is 15.0. The molecule has 3 aliphatic carbocycles. The van der Waals surface area contributed by atoms with Gasteiger partial charge in [-0.3, -0.25) is 0 Å². The maximum atomic E-state index is 6.06. The van der Waals surface area contributed by atoms with Crippen LogP contribution in [0.15, 0.2) is 24.8 Å². The molecule has 3 saturated carbocycles. The smallest absolute Gasteiger partial charge is 0.00390 e. The largest absolute Gasteiger partial charge is 0.328 e. The van der Waals surface area contributed by atoms with Gasteiger partial charge in [0, 0.05) is 6.04 Å². The Kier molecular flexibility index (Phi) is 6.39. The van der Waals surface area contributed by atoms with Gasteiger partial charge in [0.1, 0.15) is 0 Å². The molecule has 0 aromatic rings. The van der Waals surface area contributed by atoms with Crippen molar-refractivity contribution in [2.75, 3.05) is 0 Å². The molecule has 3 fully saturated rings. The third-order valence-electron chi connectivity index (χ3n) is 7.10. The molecule has 0 bridgehead atoms. The molecule has 0 spiro atoms. The van der Waals surface area contributed by atoms with Gasteiger partial charge in [-0.15, -0.1) is 6.58 Å². The molecule has 0 radical (unpaired) electrons. The molecule has 130 valence electrons. The summed E-state index contributed by atoms with van der Waals surface area (Å²) in [4.78, 5) is 0. The molecule has 1 heteroatoms. The maximum Gasteiger partial charge on any atom is 0.00390 e. The van der Waals surface area contributed by atoms with Crippen LogP contribution in [0.2, 0.25) is 0 Å². The Hall–Kier alpha value is -0.560. The summed E-state index contributed by atoms with van der Waals surface area (Å²) in [6, 6.07) is 0.502. The molecule has 2 N–H and O–H groups in total. The highest BCUT2D eigenvalue weighted by molar-refractivity contribution is 4.98. The van der Waals surface area contributed by atoms with Crippen molar-refractivity contribution in [1.29, 1.82) is 0 Å². The second kappa shape index (κ2) is 8.51. The van der Waals surface area contributed by atoms with Crippen LogP contribution in [0.5, 0.6) is 0 Å². The van der Waals surface area contributed by atoms with Crippen LogP contribution in [-0.2, 0) is 0 Å². The lowest BCUT2D eigenvalue weighted by atomic mass is 9.70. The molecule has 0 aliphatic heterocycles. The van der Waals surface area contributed by atoms with Crippen LogP contribution in [0.25, 0.3) is 0 Å². The molecule has 3 rings (SSSR count). The summed E-state index contributed by atoms with van der Waals surface area (Å²) in [6.45, 7) is 3.95. The molecule has 0 heterocycles. The Morgan fingerprint density at radius 1 is 0.565 bits per heavy atom. The van der Waals surface area contributed by atoms with Gasteiger partial charge in [-0.05, 0) is 107 Å². The van der Waals surface area contributed by atoms with Crippen molar-refractivity contribution >= 4 is 0 Å². The van der Waals surface area contributed by atoms with E-state index in [0.717, 1.165) is 29.6 Å². The number of nitrogens with two attached hydrogens (primary N) is 1. The van der Waals surface area contributed by atoms with Crippen LogP contribution in [0.3, 0.4) is 0 Å². The standard InChI is InChI=1S/C22H37N/c1-2-17-3-5-18(6-4-17)7-8-19-9-11-20(12-10-19)21-13-15-22(23)16-14-21/h2,7-8,17-22H,1,3-6,9-16,23H2/b8-7+. The van der Waals surface area contributed by atoms with E-state index >= 15 is 0 Å².